The van der Waals surface area contributed by atoms with Crippen LogP contribution in [0.2, 0.25) is 0 Å². The van der Waals surface area contributed by atoms with Crippen molar-refractivity contribution in [3.05, 3.63) is 40.6 Å². The maximum absolute atomic E-state index is 13.8. The highest BCUT2D eigenvalue weighted by atomic mass is 32.2. The van der Waals surface area contributed by atoms with Crippen molar-refractivity contribution in [3.63, 3.8) is 0 Å². The van der Waals surface area contributed by atoms with E-state index in [0.29, 0.717) is 18.3 Å². The number of hydrogen-bond acceptors (Lipinski definition) is 4. The Morgan fingerprint density at radius 2 is 2.07 bits per heavy atom. The number of amides is 3. The van der Waals surface area contributed by atoms with E-state index >= 15 is 0 Å². The molecule has 2 saturated carbocycles. The summed E-state index contributed by atoms with van der Waals surface area (Å²) in [5.41, 5.74) is 0.271. The second kappa shape index (κ2) is 8.07. The van der Waals surface area contributed by atoms with Crippen LogP contribution in [0, 0.1) is 23.6 Å². The zero-order chi connectivity index (χ0) is 19.7. The van der Waals surface area contributed by atoms with Gasteiger partial charge in [-0.2, -0.15) is 0 Å². The van der Waals surface area contributed by atoms with Crippen LogP contribution in [-0.4, -0.2) is 35.0 Å². The predicted molar refractivity (Wildman–Crippen MR) is 106 cm³/mol. The van der Waals surface area contributed by atoms with Crippen molar-refractivity contribution in [2.45, 2.75) is 32.1 Å². The molecule has 0 unspecified atom stereocenters. The quantitative estimate of drug-likeness (QED) is 0.735. The average Bonchev–Trinajstić information content (AvgIpc) is 3.34. The second-order valence-corrected chi connectivity index (χ2v) is 8.84. The molecule has 1 aliphatic heterocycles. The zero-order valence-electron chi connectivity index (χ0n) is 15.5. The minimum atomic E-state index is -0.444. The first kappa shape index (κ1) is 19.2. The molecule has 2 aliphatic carbocycles. The molecule has 2 bridgehead atoms. The zero-order valence-corrected chi connectivity index (χ0v) is 16.3. The number of thioether (sulfide) groups is 1. The standard InChI is InChI=1S/C21H23FN2O3S/c22-17-4-2-1-3-15(17)11-18-20(26)24(21(27)28-18)8-7-23-19(25)12-16-10-13-5-6-14(16)9-13/h1-4,11,13-14,16H,5-10,12H2,(H,23,25)/b18-11-/t13-,14-,16+/m1/s1. The fourth-order valence-corrected chi connectivity index (χ4v) is 5.53. The van der Waals surface area contributed by atoms with E-state index in [1.54, 1.807) is 18.2 Å². The molecule has 1 N–H and O–H groups in total. The van der Waals surface area contributed by atoms with E-state index in [1.807, 2.05) is 0 Å². The fourth-order valence-electron chi connectivity index (χ4n) is 4.67. The molecule has 148 valence electrons. The van der Waals surface area contributed by atoms with E-state index in [9.17, 15) is 18.8 Å². The van der Waals surface area contributed by atoms with Gasteiger partial charge in [0.05, 0.1) is 4.91 Å². The number of nitrogens with zero attached hydrogens (tertiary/aromatic N) is 1. The molecule has 0 spiro atoms. The van der Waals surface area contributed by atoms with E-state index in [2.05, 4.69) is 5.32 Å². The average molecular weight is 402 g/mol. The second-order valence-electron chi connectivity index (χ2n) is 7.84. The molecule has 5 nitrogen and oxygen atoms in total. The molecule has 1 saturated heterocycles. The summed E-state index contributed by atoms with van der Waals surface area (Å²) in [7, 11) is 0. The molecule has 1 heterocycles. The van der Waals surface area contributed by atoms with Crippen molar-refractivity contribution in [3.8, 4) is 0 Å². The molecule has 1 aromatic carbocycles. The number of imide groups is 1. The Balaban J connectivity index is 1.28. The fraction of sp³-hybridized carbons (Fsp3) is 0.476. The highest BCUT2D eigenvalue weighted by Crippen LogP contribution is 2.49. The third-order valence-corrected chi connectivity index (χ3v) is 6.96. The Kier molecular flexibility index (Phi) is 5.53. The topological polar surface area (TPSA) is 66.5 Å². The SMILES string of the molecule is O=C(C[C@@H]1C[C@@H]2CC[C@@H]1C2)NCCN1C(=O)S/C(=C\c2ccccc2F)C1=O. The molecule has 3 atom stereocenters. The van der Waals surface area contributed by atoms with Gasteiger partial charge < -0.3 is 5.32 Å². The molecule has 7 heteroatoms. The molecule has 28 heavy (non-hydrogen) atoms. The lowest BCUT2D eigenvalue weighted by atomic mass is 9.86. The summed E-state index contributed by atoms with van der Waals surface area (Å²) in [5, 5.41) is 2.44. The largest absolute Gasteiger partial charge is 0.354 e. The highest BCUT2D eigenvalue weighted by molar-refractivity contribution is 8.18. The number of halogens is 1. The van der Waals surface area contributed by atoms with Crippen molar-refractivity contribution in [1.29, 1.82) is 0 Å². The Labute approximate surface area is 167 Å². The van der Waals surface area contributed by atoms with Crippen molar-refractivity contribution in [1.82, 2.24) is 10.2 Å². The summed E-state index contributed by atoms with van der Waals surface area (Å²) < 4.78 is 13.8. The van der Waals surface area contributed by atoms with Crippen LogP contribution in [0.1, 0.15) is 37.7 Å². The van der Waals surface area contributed by atoms with Crippen LogP contribution in [0.4, 0.5) is 9.18 Å². The van der Waals surface area contributed by atoms with E-state index in [0.717, 1.165) is 29.0 Å². The lowest BCUT2D eigenvalue weighted by molar-refractivity contribution is -0.124. The van der Waals surface area contributed by atoms with Gasteiger partial charge in [0, 0.05) is 25.1 Å². The molecule has 3 fully saturated rings. The van der Waals surface area contributed by atoms with Gasteiger partial charge in [-0.1, -0.05) is 24.6 Å². The van der Waals surface area contributed by atoms with Gasteiger partial charge in [-0.3, -0.25) is 19.3 Å². The van der Waals surface area contributed by atoms with E-state index < -0.39 is 17.0 Å². The molecular formula is C21H23FN2O3S. The number of rotatable bonds is 6. The monoisotopic (exact) mass is 402 g/mol. The number of benzene rings is 1. The summed E-state index contributed by atoms with van der Waals surface area (Å²) in [5.74, 6) is 1.09. The summed E-state index contributed by atoms with van der Waals surface area (Å²) >= 11 is 0.798. The smallest absolute Gasteiger partial charge is 0.293 e. The van der Waals surface area contributed by atoms with Gasteiger partial charge in [0.1, 0.15) is 5.82 Å². The van der Waals surface area contributed by atoms with Crippen LogP contribution in [-0.2, 0) is 9.59 Å². The molecule has 4 rings (SSSR count). The lowest BCUT2D eigenvalue weighted by Gasteiger charge is -2.21. The number of fused-ring (bicyclic) bond motifs is 2. The van der Waals surface area contributed by atoms with E-state index in [4.69, 9.17) is 0 Å². The van der Waals surface area contributed by atoms with E-state index in [-0.39, 0.29) is 29.5 Å². The van der Waals surface area contributed by atoms with Gasteiger partial charge in [-0.15, -0.1) is 0 Å². The Bertz CT molecular complexity index is 841. The third-order valence-electron chi connectivity index (χ3n) is 6.06. The first-order valence-electron chi connectivity index (χ1n) is 9.78. The van der Waals surface area contributed by atoms with Crippen molar-refractivity contribution >= 4 is 34.9 Å². The van der Waals surface area contributed by atoms with Crippen molar-refractivity contribution in [2.24, 2.45) is 17.8 Å². The van der Waals surface area contributed by atoms with Gasteiger partial charge in [0.25, 0.3) is 11.1 Å². The summed E-state index contributed by atoms with van der Waals surface area (Å²) in [6, 6.07) is 6.10. The first-order chi connectivity index (χ1) is 13.5. The highest BCUT2D eigenvalue weighted by Gasteiger charge is 2.40. The van der Waals surface area contributed by atoms with Crippen LogP contribution in [0.3, 0.4) is 0 Å². The van der Waals surface area contributed by atoms with Gasteiger partial charge in [0.15, 0.2) is 0 Å². The first-order valence-corrected chi connectivity index (χ1v) is 10.6. The van der Waals surface area contributed by atoms with Crippen molar-refractivity contribution in [2.75, 3.05) is 13.1 Å². The third kappa shape index (κ3) is 3.99. The number of carbonyl (C=O) groups excluding carboxylic acids is 3. The van der Waals surface area contributed by atoms with Crippen LogP contribution < -0.4 is 5.32 Å². The summed E-state index contributed by atoms with van der Waals surface area (Å²) in [4.78, 5) is 38.1. The van der Waals surface area contributed by atoms with Crippen LogP contribution in [0.15, 0.2) is 29.2 Å². The van der Waals surface area contributed by atoms with Crippen LogP contribution >= 0.6 is 11.8 Å². The molecule has 0 aromatic heterocycles. The molecule has 3 amide bonds. The maximum atomic E-state index is 13.8. The normalized spacial score (nSPS) is 27.8. The van der Waals surface area contributed by atoms with Crippen LogP contribution in [0.25, 0.3) is 6.08 Å². The maximum Gasteiger partial charge on any atom is 0.293 e. The van der Waals surface area contributed by atoms with Gasteiger partial charge in [0.2, 0.25) is 5.91 Å². The van der Waals surface area contributed by atoms with Gasteiger partial charge in [-0.05, 0) is 60.9 Å². The van der Waals surface area contributed by atoms with Gasteiger partial charge >= 0.3 is 0 Å². The summed E-state index contributed by atoms with van der Waals surface area (Å²) in [6.45, 7) is 0.367. The van der Waals surface area contributed by atoms with Gasteiger partial charge in [-0.25, -0.2) is 4.39 Å². The molecular weight excluding hydrogens is 379 g/mol. The number of carbonyl (C=O) groups is 3. The minimum Gasteiger partial charge on any atom is -0.354 e. The lowest BCUT2D eigenvalue weighted by Crippen LogP contribution is -2.38. The number of hydrogen-bond donors (Lipinski definition) is 1. The Hall–Kier alpha value is -2.15. The van der Waals surface area contributed by atoms with Crippen molar-refractivity contribution < 1.29 is 18.8 Å². The predicted octanol–water partition coefficient (Wildman–Crippen LogP) is 3.80. The Morgan fingerprint density at radius 3 is 2.79 bits per heavy atom. The van der Waals surface area contributed by atoms with E-state index in [1.165, 1.54) is 31.4 Å². The molecule has 1 aromatic rings. The van der Waals surface area contributed by atoms with Crippen LogP contribution in [0.5, 0.6) is 0 Å². The Morgan fingerprint density at radius 1 is 1.25 bits per heavy atom. The molecule has 0 radical (unpaired) electrons. The number of nitrogens with one attached hydrogen (secondary N) is 1. The molecule has 3 aliphatic rings. The summed E-state index contributed by atoms with van der Waals surface area (Å²) in [6.07, 6.45) is 6.91. The minimum absolute atomic E-state index is 0.00794.